The lowest BCUT2D eigenvalue weighted by Crippen LogP contribution is -2.39. The minimum absolute atomic E-state index is 0.0573. The van der Waals surface area contributed by atoms with E-state index in [1.807, 2.05) is 42.5 Å². The quantitative estimate of drug-likeness (QED) is 0.412. The lowest BCUT2D eigenvalue weighted by Gasteiger charge is -2.21. The number of hydrogen-bond donors (Lipinski definition) is 1. The Hall–Kier alpha value is -3.49. The molecule has 0 fully saturated rings. The van der Waals surface area contributed by atoms with Gasteiger partial charge in [0.2, 0.25) is 10.0 Å². The third-order valence-corrected chi connectivity index (χ3v) is 6.24. The molecule has 1 amide bonds. The number of benzene rings is 3. The van der Waals surface area contributed by atoms with Crippen LogP contribution in [0.2, 0.25) is 0 Å². The number of hydrogen-bond acceptors (Lipinski definition) is 5. The predicted molar refractivity (Wildman–Crippen MR) is 119 cm³/mol. The zero-order chi connectivity index (χ0) is 22.1. The zero-order valence-corrected chi connectivity index (χ0v) is 17.8. The van der Waals surface area contributed by atoms with Gasteiger partial charge in [-0.15, -0.1) is 0 Å². The zero-order valence-electron chi connectivity index (χ0n) is 17.0. The van der Waals surface area contributed by atoms with E-state index in [-0.39, 0.29) is 18.0 Å². The first kappa shape index (κ1) is 22.2. The molecule has 160 valence electrons. The van der Waals surface area contributed by atoms with Gasteiger partial charge in [0.1, 0.15) is 5.75 Å². The Morgan fingerprint density at radius 3 is 2.26 bits per heavy atom. The summed E-state index contributed by atoms with van der Waals surface area (Å²) in [6.45, 7) is -0.322. The first-order chi connectivity index (χ1) is 15.0. The van der Waals surface area contributed by atoms with Crippen LogP contribution in [0.3, 0.4) is 0 Å². The summed E-state index contributed by atoms with van der Waals surface area (Å²) in [6.07, 6.45) is 1.45. The van der Waals surface area contributed by atoms with Gasteiger partial charge in [-0.3, -0.25) is 4.79 Å². The van der Waals surface area contributed by atoms with Crippen LogP contribution >= 0.6 is 0 Å². The van der Waals surface area contributed by atoms with Crippen molar-refractivity contribution in [1.29, 1.82) is 0 Å². The molecule has 31 heavy (non-hydrogen) atoms. The van der Waals surface area contributed by atoms with Crippen LogP contribution in [0.15, 0.2) is 94.9 Å². The van der Waals surface area contributed by atoms with Crippen molar-refractivity contribution in [3.05, 3.63) is 96.1 Å². The van der Waals surface area contributed by atoms with Crippen LogP contribution < -0.4 is 10.2 Å². The molecule has 7 nitrogen and oxygen atoms in total. The Morgan fingerprint density at radius 1 is 0.968 bits per heavy atom. The van der Waals surface area contributed by atoms with Gasteiger partial charge in [-0.05, 0) is 29.8 Å². The molecule has 3 rings (SSSR count). The molecular formula is C23H23N3O4S. The maximum atomic E-state index is 13.1. The van der Waals surface area contributed by atoms with Crippen molar-refractivity contribution in [2.24, 2.45) is 5.10 Å². The predicted octanol–water partition coefficient (Wildman–Crippen LogP) is 3.04. The number of nitrogens with zero attached hydrogens (tertiary/aromatic N) is 2. The van der Waals surface area contributed by atoms with Crippen LogP contribution in [0, 0.1) is 0 Å². The Kier molecular flexibility index (Phi) is 7.53. The van der Waals surface area contributed by atoms with Gasteiger partial charge in [0.25, 0.3) is 5.91 Å². The molecule has 0 saturated heterocycles. The lowest BCUT2D eigenvalue weighted by atomic mass is 10.2. The minimum atomic E-state index is -3.88. The molecule has 3 aromatic carbocycles. The summed E-state index contributed by atoms with van der Waals surface area (Å²) in [5.74, 6) is 0.0550. The number of nitrogens with one attached hydrogen (secondary N) is 1. The molecule has 0 aliphatic carbocycles. The average Bonchev–Trinajstić information content (AvgIpc) is 2.80. The molecule has 0 bridgehead atoms. The van der Waals surface area contributed by atoms with Crippen LogP contribution in [0.4, 0.5) is 0 Å². The third kappa shape index (κ3) is 6.00. The Labute approximate surface area is 182 Å². The topological polar surface area (TPSA) is 88.1 Å². The Morgan fingerprint density at radius 2 is 1.58 bits per heavy atom. The summed E-state index contributed by atoms with van der Waals surface area (Å²) in [5.41, 5.74) is 3.85. The second-order valence-corrected chi connectivity index (χ2v) is 8.54. The average molecular weight is 438 g/mol. The standard InChI is InChI=1S/C23H23N3O4S/c1-30-22-15-9-8-12-20(22)16-24-25-23(27)18-26(17-19-10-4-2-5-11-19)31(28,29)21-13-6-3-7-14-21/h2-16H,17-18H2,1H3,(H,25,27). The van der Waals surface area contributed by atoms with E-state index < -0.39 is 15.9 Å². The number of sulfonamides is 1. The first-order valence-electron chi connectivity index (χ1n) is 9.55. The summed E-state index contributed by atoms with van der Waals surface area (Å²) in [7, 11) is -2.34. The molecule has 0 spiro atoms. The van der Waals surface area contributed by atoms with Gasteiger partial charge in [0.15, 0.2) is 0 Å². The second-order valence-electron chi connectivity index (χ2n) is 6.61. The van der Waals surface area contributed by atoms with Crippen LogP contribution in [0.5, 0.6) is 5.75 Å². The van der Waals surface area contributed by atoms with Crippen LogP contribution in [-0.4, -0.2) is 38.5 Å². The highest BCUT2D eigenvalue weighted by molar-refractivity contribution is 7.89. The van der Waals surface area contributed by atoms with E-state index in [9.17, 15) is 13.2 Å². The fraction of sp³-hybridized carbons (Fsp3) is 0.130. The van der Waals surface area contributed by atoms with Crippen molar-refractivity contribution < 1.29 is 17.9 Å². The molecule has 0 aromatic heterocycles. The molecule has 0 saturated carbocycles. The van der Waals surface area contributed by atoms with Gasteiger partial charge in [-0.1, -0.05) is 60.7 Å². The largest absolute Gasteiger partial charge is 0.496 e. The maximum Gasteiger partial charge on any atom is 0.255 e. The van der Waals surface area contributed by atoms with Crippen molar-refractivity contribution in [2.75, 3.05) is 13.7 Å². The number of rotatable bonds is 9. The molecular weight excluding hydrogens is 414 g/mol. The van der Waals surface area contributed by atoms with E-state index in [2.05, 4.69) is 10.5 Å². The molecule has 1 N–H and O–H groups in total. The monoisotopic (exact) mass is 437 g/mol. The molecule has 0 unspecified atom stereocenters. The van der Waals surface area contributed by atoms with Gasteiger partial charge >= 0.3 is 0 Å². The summed E-state index contributed by atoms with van der Waals surface area (Å²) in [4.78, 5) is 12.6. The van der Waals surface area contributed by atoms with E-state index >= 15 is 0 Å². The van der Waals surface area contributed by atoms with Crippen molar-refractivity contribution in [2.45, 2.75) is 11.4 Å². The number of methoxy groups -OCH3 is 1. The Bertz CT molecular complexity index is 1130. The molecule has 0 radical (unpaired) electrons. The fourth-order valence-corrected chi connectivity index (χ4v) is 4.30. The molecule has 8 heteroatoms. The number of hydrazone groups is 1. The smallest absolute Gasteiger partial charge is 0.255 e. The summed E-state index contributed by atoms with van der Waals surface area (Å²) < 4.78 is 32.7. The first-order valence-corrected chi connectivity index (χ1v) is 11.0. The SMILES string of the molecule is COc1ccccc1C=NNC(=O)CN(Cc1ccccc1)S(=O)(=O)c1ccccc1. The van der Waals surface area contributed by atoms with Gasteiger partial charge in [0.05, 0.1) is 24.8 Å². The normalized spacial score (nSPS) is 11.5. The van der Waals surface area contributed by atoms with E-state index in [1.54, 1.807) is 37.4 Å². The number of carbonyl (C=O) groups excluding carboxylic acids is 1. The van der Waals surface area contributed by atoms with Crippen LogP contribution in [-0.2, 0) is 21.4 Å². The van der Waals surface area contributed by atoms with E-state index in [0.717, 1.165) is 9.87 Å². The summed E-state index contributed by atoms with van der Waals surface area (Å²) in [5, 5.41) is 3.94. The van der Waals surface area contributed by atoms with Crippen molar-refractivity contribution in [1.82, 2.24) is 9.73 Å². The molecule has 3 aromatic rings. The van der Waals surface area contributed by atoms with Crippen LogP contribution in [0.1, 0.15) is 11.1 Å². The van der Waals surface area contributed by atoms with E-state index in [4.69, 9.17) is 4.74 Å². The maximum absolute atomic E-state index is 13.1. The molecule has 0 atom stereocenters. The number of carbonyl (C=O) groups is 1. The molecule has 0 heterocycles. The minimum Gasteiger partial charge on any atom is -0.496 e. The van der Waals surface area contributed by atoms with E-state index in [1.165, 1.54) is 18.3 Å². The van der Waals surface area contributed by atoms with Gasteiger partial charge in [0, 0.05) is 12.1 Å². The van der Waals surface area contributed by atoms with Crippen molar-refractivity contribution >= 4 is 22.1 Å². The molecule has 0 aliphatic rings. The summed E-state index contributed by atoms with van der Waals surface area (Å²) in [6, 6.07) is 24.3. The van der Waals surface area contributed by atoms with E-state index in [0.29, 0.717) is 11.3 Å². The highest BCUT2D eigenvalue weighted by atomic mass is 32.2. The number of amides is 1. The van der Waals surface area contributed by atoms with Crippen molar-refractivity contribution in [3.8, 4) is 5.75 Å². The van der Waals surface area contributed by atoms with Gasteiger partial charge in [-0.2, -0.15) is 9.41 Å². The highest BCUT2D eigenvalue weighted by Gasteiger charge is 2.26. The molecule has 0 aliphatic heterocycles. The van der Waals surface area contributed by atoms with Gasteiger partial charge in [-0.25, -0.2) is 13.8 Å². The fourth-order valence-electron chi connectivity index (χ4n) is 2.90. The number of ether oxygens (including phenoxy) is 1. The lowest BCUT2D eigenvalue weighted by molar-refractivity contribution is -0.121. The summed E-state index contributed by atoms with van der Waals surface area (Å²) >= 11 is 0. The van der Waals surface area contributed by atoms with Gasteiger partial charge < -0.3 is 4.74 Å². The second kappa shape index (κ2) is 10.5. The number of para-hydroxylation sites is 1. The Balaban J connectivity index is 1.76. The van der Waals surface area contributed by atoms with Crippen molar-refractivity contribution in [3.63, 3.8) is 0 Å². The van der Waals surface area contributed by atoms with Crippen LogP contribution in [0.25, 0.3) is 0 Å². The highest BCUT2D eigenvalue weighted by Crippen LogP contribution is 2.18. The third-order valence-electron chi connectivity index (χ3n) is 4.43.